The summed E-state index contributed by atoms with van der Waals surface area (Å²) < 4.78 is 67.3. The van der Waals surface area contributed by atoms with Gasteiger partial charge in [-0.05, 0) is 60.7 Å². The van der Waals surface area contributed by atoms with E-state index in [4.69, 9.17) is 26.7 Å². The predicted octanol–water partition coefficient (Wildman–Crippen LogP) is 1.12. The van der Waals surface area contributed by atoms with E-state index in [0.29, 0.717) is 5.75 Å². The summed E-state index contributed by atoms with van der Waals surface area (Å²) in [7, 11) is -6.05. The summed E-state index contributed by atoms with van der Waals surface area (Å²) in [6.07, 6.45) is 0. The van der Waals surface area contributed by atoms with Crippen molar-refractivity contribution in [2.45, 2.75) is 15.8 Å². The number of carbonyl (C=O) groups excluding carboxylic acids is 3. The number of nitrogens with one attached hydrogen (secondary N) is 1. The molecule has 0 saturated heterocycles. The lowest BCUT2D eigenvalue weighted by Gasteiger charge is -2.28. The SMILES string of the molecule is COC[C@@H](N)C(=O)Nc1ccc(S(=O)(=O)N(CC(N)=O)c2ccc(N(CC(N)=O)S(=O)(=O)c3ccc(OC)cc3)c3ccccc23)cc1. The van der Waals surface area contributed by atoms with E-state index < -0.39 is 56.9 Å². The molecule has 254 valence electrons. The zero-order valence-electron chi connectivity index (χ0n) is 25.9. The van der Waals surface area contributed by atoms with Crippen LogP contribution in [0.3, 0.4) is 0 Å². The molecule has 0 bridgehead atoms. The monoisotopic (exact) mass is 698 g/mol. The largest absolute Gasteiger partial charge is 0.497 e. The molecule has 0 aliphatic heterocycles. The van der Waals surface area contributed by atoms with E-state index in [2.05, 4.69) is 5.32 Å². The lowest BCUT2D eigenvalue weighted by Crippen LogP contribution is -2.40. The van der Waals surface area contributed by atoms with Gasteiger partial charge in [-0.2, -0.15) is 0 Å². The van der Waals surface area contributed by atoms with E-state index in [1.807, 2.05) is 0 Å². The second-order valence-electron chi connectivity index (χ2n) is 10.4. The molecule has 0 radical (unpaired) electrons. The van der Waals surface area contributed by atoms with Crippen LogP contribution in [0.2, 0.25) is 0 Å². The molecule has 4 rings (SSSR count). The highest BCUT2D eigenvalue weighted by atomic mass is 32.2. The highest BCUT2D eigenvalue weighted by Crippen LogP contribution is 2.38. The van der Waals surface area contributed by atoms with Crippen molar-refractivity contribution in [3.8, 4) is 5.75 Å². The van der Waals surface area contributed by atoms with E-state index >= 15 is 0 Å². The minimum absolute atomic E-state index is 0.00283. The Morgan fingerprint density at radius 3 is 1.54 bits per heavy atom. The average Bonchev–Trinajstić information content (AvgIpc) is 3.06. The summed E-state index contributed by atoms with van der Waals surface area (Å²) >= 11 is 0. The smallest absolute Gasteiger partial charge is 0.264 e. The number of sulfonamides is 2. The van der Waals surface area contributed by atoms with E-state index in [-0.39, 0.29) is 44.2 Å². The Labute approximate surface area is 277 Å². The molecule has 48 heavy (non-hydrogen) atoms. The number of amides is 3. The average molecular weight is 699 g/mol. The third-order valence-corrected chi connectivity index (χ3v) is 10.6. The number of methoxy groups -OCH3 is 2. The molecule has 0 heterocycles. The van der Waals surface area contributed by atoms with Crippen molar-refractivity contribution in [1.82, 2.24) is 0 Å². The van der Waals surface area contributed by atoms with Gasteiger partial charge < -0.3 is 32.0 Å². The normalized spacial score (nSPS) is 12.2. The Morgan fingerprint density at radius 1 is 0.708 bits per heavy atom. The summed E-state index contributed by atoms with van der Waals surface area (Å²) in [6, 6.07) is 18.6. The predicted molar refractivity (Wildman–Crippen MR) is 179 cm³/mol. The molecule has 3 amide bonds. The Morgan fingerprint density at radius 2 is 1.15 bits per heavy atom. The Bertz CT molecular complexity index is 2040. The Hall–Kier alpha value is -5.23. The molecular formula is C31H34N6O9S2. The lowest BCUT2D eigenvalue weighted by molar-refractivity contribution is -0.118. The van der Waals surface area contributed by atoms with Crippen LogP contribution in [0.15, 0.2) is 94.7 Å². The van der Waals surface area contributed by atoms with Crippen LogP contribution >= 0.6 is 0 Å². The molecule has 0 unspecified atom stereocenters. The molecule has 7 N–H and O–H groups in total. The topological polar surface area (TPSA) is 235 Å². The van der Waals surface area contributed by atoms with Crippen LogP contribution in [0.1, 0.15) is 0 Å². The zero-order chi connectivity index (χ0) is 35.2. The molecule has 17 heteroatoms. The number of fused-ring (bicyclic) bond motifs is 1. The number of nitrogens with two attached hydrogens (primary N) is 3. The van der Waals surface area contributed by atoms with Crippen molar-refractivity contribution < 1.29 is 40.7 Å². The van der Waals surface area contributed by atoms with Crippen molar-refractivity contribution in [1.29, 1.82) is 0 Å². The first kappa shape index (κ1) is 35.6. The molecule has 0 spiro atoms. The van der Waals surface area contributed by atoms with Crippen LogP contribution in [-0.2, 0) is 39.2 Å². The minimum atomic E-state index is -4.48. The van der Waals surface area contributed by atoms with Crippen molar-refractivity contribution in [2.24, 2.45) is 17.2 Å². The first-order valence-corrected chi connectivity index (χ1v) is 17.0. The van der Waals surface area contributed by atoms with Crippen LogP contribution in [0.5, 0.6) is 5.75 Å². The van der Waals surface area contributed by atoms with Gasteiger partial charge in [0, 0.05) is 23.6 Å². The number of carbonyl (C=O) groups is 3. The van der Waals surface area contributed by atoms with E-state index in [0.717, 1.165) is 8.61 Å². The van der Waals surface area contributed by atoms with Crippen molar-refractivity contribution in [2.75, 3.05) is 47.8 Å². The Balaban J connectivity index is 1.82. The van der Waals surface area contributed by atoms with Crippen molar-refractivity contribution in [3.05, 3.63) is 84.9 Å². The van der Waals surface area contributed by atoms with Gasteiger partial charge in [0.2, 0.25) is 17.7 Å². The fourth-order valence-corrected chi connectivity index (χ4v) is 7.69. The standard InChI is InChI=1S/C31H34N6O9S2/c1-45-19-26(32)31(40)35-20-7-11-22(12-8-20)47(41,42)36(17-29(33)38)27-15-16-28(25-6-4-3-5-24(25)27)37(18-30(34)39)48(43,44)23-13-9-21(46-2)10-14-23/h3-16,26H,17-19,32H2,1-2H3,(H2,33,38)(H2,34,39)(H,35,40)/t26-/m1/s1. The van der Waals surface area contributed by atoms with Gasteiger partial charge in [0.25, 0.3) is 20.0 Å². The second-order valence-corrected chi connectivity index (χ2v) is 14.1. The van der Waals surface area contributed by atoms with Gasteiger partial charge in [0.05, 0.1) is 34.9 Å². The number of ether oxygens (including phenoxy) is 2. The summed E-state index contributed by atoms with van der Waals surface area (Å²) in [5.41, 5.74) is 17.0. The Kier molecular flexibility index (Phi) is 10.9. The second kappa shape index (κ2) is 14.7. The van der Waals surface area contributed by atoms with Gasteiger partial charge >= 0.3 is 0 Å². The number of anilines is 3. The summed E-state index contributed by atoms with van der Waals surface area (Å²) in [5, 5.41) is 3.01. The van der Waals surface area contributed by atoms with Crippen LogP contribution in [0.25, 0.3) is 10.8 Å². The number of benzene rings is 4. The van der Waals surface area contributed by atoms with Crippen molar-refractivity contribution >= 4 is 65.6 Å². The molecule has 1 atom stereocenters. The molecule has 4 aromatic rings. The maximum Gasteiger partial charge on any atom is 0.264 e. The molecule has 15 nitrogen and oxygen atoms in total. The number of rotatable bonds is 15. The molecule has 4 aromatic carbocycles. The number of primary amides is 2. The molecule has 0 aliphatic carbocycles. The number of hydrogen-bond donors (Lipinski definition) is 4. The lowest BCUT2D eigenvalue weighted by atomic mass is 10.1. The van der Waals surface area contributed by atoms with Crippen molar-refractivity contribution in [3.63, 3.8) is 0 Å². The van der Waals surface area contributed by atoms with Gasteiger partial charge in [-0.1, -0.05) is 24.3 Å². The summed E-state index contributed by atoms with van der Waals surface area (Å²) in [6.45, 7) is -1.54. The quantitative estimate of drug-likeness (QED) is 0.138. The van der Waals surface area contributed by atoms with Gasteiger partial charge in [-0.15, -0.1) is 0 Å². The van der Waals surface area contributed by atoms with Gasteiger partial charge in [-0.25, -0.2) is 16.8 Å². The molecular weight excluding hydrogens is 665 g/mol. The fraction of sp³-hybridized carbons (Fsp3) is 0.194. The molecule has 0 aliphatic rings. The molecule has 0 fully saturated rings. The first-order valence-electron chi connectivity index (χ1n) is 14.1. The highest BCUT2D eigenvalue weighted by Gasteiger charge is 2.32. The van der Waals surface area contributed by atoms with E-state index in [9.17, 15) is 31.2 Å². The first-order chi connectivity index (χ1) is 22.7. The maximum atomic E-state index is 14.0. The highest BCUT2D eigenvalue weighted by molar-refractivity contribution is 7.93. The zero-order valence-corrected chi connectivity index (χ0v) is 27.5. The van der Waals surface area contributed by atoms with Crippen LogP contribution in [-0.4, -0.2) is 74.5 Å². The molecule has 0 aromatic heterocycles. The van der Waals surface area contributed by atoms with E-state index in [1.165, 1.54) is 87.0 Å². The minimum Gasteiger partial charge on any atom is -0.497 e. The van der Waals surface area contributed by atoms with Gasteiger partial charge in [0.1, 0.15) is 24.9 Å². The summed E-state index contributed by atoms with van der Waals surface area (Å²) in [4.78, 5) is 36.2. The fourth-order valence-electron chi connectivity index (χ4n) is 4.79. The number of hydrogen-bond acceptors (Lipinski definition) is 10. The third kappa shape index (κ3) is 7.66. The van der Waals surface area contributed by atoms with Gasteiger partial charge in [-0.3, -0.25) is 23.0 Å². The van der Waals surface area contributed by atoms with Crippen LogP contribution in [0, 0.1) is 0 Å². The molecule has 0 saturated carbocycles. The number of nitrogens with zero attached hydrogens (tertiary/aromatic N) is 2. The summed E-state index contributed by atoms with van der Waals surface area (Å²) in [5.74, 6) is -2.06. The maximum absolute atomic E-state index is 14.0. The van der Waals surface area contributed by atoms with Gasteiger partial charge in [0.15, 0.2) is 0 Å². The van der Waals surface area contributed by atoms with E-state index in [1.54, 1.807) is 12.1 Å². The van der Waals surface area contributed by atoms with Crippen LogP contribution < -0.4 is 35.9 Å². The third-order valence-electron chi connectivity index (χ3n) is 7.05. The van der Waals surface area contributed by atoms with Crippen LogP contribution in [0.4, 0.5) is 17.1 Å².